The Morgan fingerprint density at radius 3 is 2.48 bits per heavy atom. The summed E-state index contributed by atoms with van der Waals surface area (Å²) >= 11 is 0. The summed E-state index contributed by atoms with van der Waals surface area (Å²) in [5, 5.41) is 3.47. The minimum absolute atomic E-state index is 0.329. The molecular formula is C16H24N2O2S. The van der Waals surface area contributed by atoms with Crippen LogP contribution in [0.25, 0.3) is 0 Å². The highest BCUT2D eigenvalue weighted by molar-refractivity contribution is 7.89. The molecule has 3 unspecified atom stereocenters. The van der Waals surface area contributed by atoms with Crippen LogP contribution in [0.2, 0.25) is 0 Å². The topological polar surface area (TPSA) is 58.2 Å². The van der Waals surface area contributed by atoms with Crippen molar-refractivity contribution in [2.45, 2.75) is 37.5 Å². The molecule has 1 aromatic carbocycles. The van der Waals surface area contributed by atoms with Gasteiger partial charge in [-0.15, -0.1) is 0 Å². The molecule has 21 heavy (non-hydrogen) atoms. The molecule has 5 heteroatoms. The van der Waals surface area contributed by atoms with Gasteiger partial charge in [-0.1, -0.05) is 13.3 Å². The van der Waals surface area contributed by atoms with Crippen LogP contribution in [0.3, 0.4) is 0 Å². The van der Waals surface area contributed by atoms with Crippen molar-refractivity contribution in [2.75, 3.05) is 18.4 Å². The van der Waals surface area contributed by atoms with Crippen molar-refractivity contribution in [1.29, 1.82) is 0 Å². The highest BCUT2D eigenvalue weighted by Gasteiger charge is 2.38. The van der Waals surface area contributed by atoms with Crippen LogP contribution in [0.15, 0.2) is 29.2 Å². The number of hydrogen-bond acceptors (Lipinski definition) is 3. The number of sulfonamides is 1. The predicted molar refractivity (Wildman–Crippen MR) is 84.7 cm³/mol. The second kappa shape index (κ2) is 5.97. The number of hydrogen-bond donors (Lipinski definition) is 2. The van der Waals surface area contributed by atoms with Crippen molar-refractivity contribution >= 4 is 15.7 Å². The molecule has 0 spiro atoms. The van der Waals surface area contributed by atoms with E-state index in [-0.39, 0.29) is 0 Å². The summed E-state index contributed by atoms with van der Waals surface area (Å²) in [6.45, 7) is 3.20. The van der Waals surface area contributed by atoms with Crippen LogP contribution in [0.1, 0.15) is 32.6 Å². The average Bonchev–Trinajstić information content (AvgIpc) is 3.08. The zero-order chi connectivity index (χ0) is 14.9. The lowest BCUT2D eigenvalue weighted by Gasteiger charge is -2.22. The van der Waals surface area contributed by atoms with Crippen molar-refractivity contribution < 1.29 is 8.42 Å². The SMILES string of the molecule is CCNS(=O)(=O)c1ccc(NCC2CC3CCC2C3)cc1. The smallest absolute Gasteiger partial charge is 0.240 e. The normalized spacial score (nSPS) is 28.0. The molecule has 0 amide bonds. The van der Waals surface area contributed by atoms with Crippen molar-refractivity contribution in [1.82, 2.24) is 4.72 Å². The van der Waals surface area contributed by atoms with Crippen LogP contribution < -0.4 is 10.0 Å². The first kappa shape index (κ1) is 14.9. The van der Waals surface area contributed by atoms with Crippen molar-refractivity contribution in [3.8, 4) is 0 Å². The Bertz CT molecular complexity index is 583. The molecule has 2 saturated carbocycles. The predicted octanol–water partition coefficient (Wildman–Crippen LogP) is 2.83. The molecule has 2 fully saturated rings. The van der Waals surface area contributed by atoms with Crippen molar-refractivity contribution in [3.63, 3.8) is 0 Å². The van der Waals surface area contributed by atoms with E-state index in [4.69, 9.17) is 0 Å². The van der Waals surface area contributed by atoms with Crippen LogP contribution >= 0.6 is 0 Å². The lowest BCUT2D eigenvalue weighted by Crippen LogP contribution is -2.23. The highest BCUT2D eigenvalue weighted by atomic mass is 32.2. The summed E-state index contributed by atoms with van der Waals surface area (Å²) in [5.74, 6) is 2.68. The van der Waals surface area contributed by atoms with Gasteiger partial charge >= 0.3 is 0 Å². The first-order chi connectivity index (χ1) is 10.1. The van der Waals surface area contributed by atoms with E-state index in [9.17, 15) is 8.42 Å². The molecule has 3 rings (SSSR count). The molecule has 0 radical (unpaired) electrons. The lowest BCUT2D eigenvalue weighted by molar-refractivity contribution is 0.348. The largest absolute Gasteiger partial charge is 0.385 e. The van der Waals surface area contributed by atoms with Gasteiger partial charge in [-0.2, -0.15) is 0 Å². The van der Waals surface area contributed by atoms with E-state index < -0.39 is 10.0 Å². The number of rotatable bonds is 6. The molecule has 0 heterocycles. The van der Waals surface area contributed by atoms with E-state index in [0.29, 0.717) is 11.4 Å². The van der Waals surface area contributed by atoms with Gasteiger partial charge in [0, 0.05) is 18.8 Å². The second-order valence-corrected chi connectivity index (χ2v) is 8.11. The number of benzene rings is 1. The standard InChI is InChI=1S/C16H24N2O2S/c1-2-18-21(19,20)16-7-5-15(6-8-16)17-11-14-10-12-3-4-13(14)9-12/h5-8,12-14,17-18H,2-4,9-11H2,1H3. The molecule has 0 aromatic heterocycles. The van der Waals surface area contributed by atoms with E-state index in [1.165, 1.54) is 25.7 Å². The highest BCUT2D eigenvalue weighted by Crippen LogP contribution is 2.48. The lowest BCUT2D eigenvalue weighted by atomic mass is 9.89. The van der Waals surface area contributed by atoms with E-state index in [1.807, 2.05) is 12.1 Å². The van der Waals surface area contributed by atoms with Crippen LogP contribution in [0.5, 0.6) is 0 Å². The maximum absolute atomic E-state index is 11.9. The van der Waals surface area contributed by atoms with Gasteiger partial charge in [0.15, 0.2) is 0 Å². The Labute approximate surface area is 127 Å². The Morgan fingerprint density at radius 1 is 1.14 bits per heavy atom. The zero-order valence-electron chi connectivity index (χ0n) is 12.5. The summed E-state index contributed by atoms with van der Waals surface area (Å²) in [7, 11) is -3.34. The fourth-order valence-electron chi connectivity index (χ4n) is 3.90. The Kier molecular flexibility index (Phi) is 4.22. The van der Waals surface area contributed by atoms with Gasteiger partial charge < -0.3 is 5.32 Å². The van der Waals surface area contributed by atoms with E-state index in [2.05, 4.69) is 10.0 Å². The molecule has 4 nitrogen and oxygen atoms in total. The molecule has 2 bridgehead atoms. The van der Waals surface area contributed by atoms with Crippen LogP contribution in [0, 0.1) is 17.8 Å². The van der Waals surface area contributed by atoms with Crippen molar-refractivity contribution in [3.05, 3.63) is 24.3 Å². The Hall–Kier alpha value is -1.07. The molecular weight excluding hydrogens is 284 g/mol. The van der Waals surface area contributed by atoms with Gasteiger partial charge in [-0.3, -0.25) is 0 Å². The number of anilines is 1. The minimum atomic E-state index is -3.34. The molecule has 2 N–H and O–H groups in total. The quantitative estimate of drug-likeness (QED) is 0.849. The summed E-state index contributed by atoms with van der Waals surface area (Å²) < 4.78 is 26.2. The van der Waals surface area contributed by atoms with Crippen LogP contribution in [0.4, 0.5) is 5.69 Å². The Morgan fingerprint density at radius 2 is 1.90 bits per heavy atom. The van der Waals surface area contributed by atoms with Crippen LogP contribution in [-0.2, 0) is 10.0 Å². The van der Waals surface area contributed by atoms with Gasteiger partial charge in [0.25, 0.3) is 0 Å². The number of fused-ring (bicyclic) bond motifs is 2. The van der Waals surface area contributed by atoms with E-state index >= 15 is 0 Å². The fourth-order valence-corrected chi connectivity index (χ4v) is 4.94. The zero-order valence-corrected chi connectivity index (χ0v) is 13.3. The third-order valence-electron chi connectivity index (χ3n) is 4.95. The van der Waals surface area contributed by atoms with Gasteiger partial charge in [-0.05, 0) is 61.3 Å². The first-order valence-electron chi connectivity index (χ1n) is 7.92. The van der Waals surface area contributed by atoms with Gasteiger partial charge in [0.1, 0.15) is 0 Å². The molecule has 0 saturated heterocycles. The maximum Gasteiger partial charge on any atom is 0.240 e. The summed E-state index contributed by atoms with van der Waals surface area (Å²) in [5.41, 5.74) is 1.01. The molecule has 3 atom stereocenters. The van der Waals surface area contributed by atoms with Crippen molar-refractivity contribution in [2.24, 2.45) is 17.8 Å². The molecule has 116 valence electrons. The van der Waals surface area contributed by atoms with Gasteiger partial charge in [0.05, 0.1) is 4.90 Å². The average molecular weight is 308 g/mol. The van der Waals surface area contributed by atoms with Crippen LogP contribution in [-0.4, -0.2) is 21.5 Å². The van der Waals surface area contributed by atoms with E-state index in [0.717, 1.165) is 30.0 Å². The first-order valence-corrected chi connectivity index (χ1v) is 9.40. The Balaban J connectivity index is 1.57. The second-order valence-electron chi connectivity index (χ2n) is 6.34. The molecule has 2 aliphatic carbocycles. The third-order valence-corrected chi connectivity index (χ3v) is 6.51. The van der Waals surface area contributed by atoms with Gasteiger partial charge in [-0.25, -0.2) is 13.1 Å². The minimum Gasteiger partial charge on any atom is -0.385 e. The third kappa shape index (κ3) is 3.24. The maximum atomic E-state index is 11.9. The number of nitrogens with one attached hydrogen (secondary N) is 2. The monoisotopic (exact) mass is 308 g/mol. The molecule has 0 aliphatic heterocycles. The summed E-state index contributed by atoms with van der Waals surface area (Å²) in [6.07, 6.45) is 5.62. The summed E-state index contributed by atoms with van der Waals surface area (Å²) in [4.78, 5) is 0.329. The molecule has 1 aromatic rings. The molecule has 2 aliphatic rings. The fraction of sp³-hybridized carbons (Fsp3) is 0.625. The van der Waals surface area contributed by atoms with Gasteiger partial charge in [0.2, 0.25) is 10.0 Å². The summed E-state index contributed by atoms with van der Waals surface area (Å²) in [6, 6.07) is 7.05. The van der Waals surface area contributed by atoms with E-state index in [1.54, 1.807) is 19.1 Å².